The van der Waals surface area contributed by atoms with Crippen molar-refractivity contribution in [2.24, 2.45) is 0 Å². The van der Waals surface area contributed by atoms with Crippen LogP contribution in [0.25, 0.3) is 16.7 Å². The van der Waals surface area contributed by atoms with Gasteiger partial charge in [-0.2, -0.15) is 5.10 Å². The molecule has 0 atom stereocenters. The number of ether oxygens (including phenoxy) is 3. The van der Waals surface area contributed by atoms with Gasteiger partial charge in [-0.1, -0.05) is 17.7 Å². The largest absolute Gasteiger partial charge is 0.493 e. The number of carbonyl (C=O) groups is 1. The maximum atomic E-state index is 13.4. The first kappa shape index (κ1) is 22.1. The quantitative estimate of drug-likeness (QED) is 0.465. The second kappa shape index (κ2) is 8.82. The van der Waals surface area contributed by atoms with E-state index in [1.54, 1.807) is 22.9 Å². The Morgan fingerprint density at radius 1 is 0.909 bits per heavy atom. The van der Waals surface area contributed by atoms with Crippen LogP contribution in [-0.4, -0.2) is 42.0 Å². The molecule has 0 saturated carbocycles. The highest BCUT2D eigenvalue weighted by Crippen LogP contribution is 2.40. The van der Waals surface area contributed by atoms with Crippen molar-refractivity contribution in [2.45, 2.75) is 20.8 Å². The van der Waals surface area contributed by atoms with Gasteiger partial charge >= 0.3 is 0 Å². The minimum absolute atomic E-state index is 0.286. The lowest BCUT2D eigenvalue weighted by atomic mass is 10.1. The lowest BCUT2D eigenvalue weighted by molar-refractivity contribution is 0.102. The Bertz CT molecular complexity index is 1320. The molecule has 8 heteroatoms. The van der Waals surface area contributed by atoms with Gasteiger partial charge in [0.25, 0.3) is 5.91 Å². The third kappa shape index (κ3) is 4.07. The average Bonchev–Trinajstić information content (AvgIpc) is 3.14. The third-order valence-electron chi connectivity index (χ3n) is 5.39. The smallest absolute Gasteiger partial charge is 0.256 e. The molecule has 0 bridgehead atoms. The molecule has 0 aliphatic carbocycles. The summed E-state index contributed by atoms with van der Waals surface area (Å²) < 4.78 is 17.9. The Morgan fingerprint density at radius 2 is 1.55 bits per heavy atom. The molecule has 1 amide bonds. The molecule has 2 aromatic carbocycles. The van der Waals surface area contributed by atoms with Gasteiger partial charge in [-0.3, -0.25) is 4.79 Å². The number of nitrogens with one attached hydrogen (secondary N) is 1. The van der Waals surface area contributed by atoms with E-state index in [2.05, 4.69) is 15.4 Å². The first-order chi connectivity index (χ1) is 15.9. The van der Waals surface area contributed by atoms with Crippen molar-refractivity contribution in [2.75, 3.05) is 26.6 Å². The van der Waals surface area contributed by atoms with Crippen molar-refractivity contribution in [1.82, 2.24) is 14.8 Å². The second-order valence-electron chi connectivity index (χ2n) is 7.71. The summed E-state index contributed by atoms with van der Waals surface area (Å²) in [6.45, 7) is 5.77. The lowest BCUT2D eigenvalue weighted by Crippen LogP contribution is -2.14. The van der Waals surface area contributed by atoms with Crippen molar-refractivity contribution in [1.29, 1.82) is 0 Å². The highest BCUT2D eigenvalue weighted by atomic mass is 16.5. The fourth-order valence-corrected chi connectivity index (χ4v) is 3.81. The standard InChI is InChI=1S/C25H26N4O4/c1-14-7-9-18(10-8-14)29-24-22(16(3)28-29)19(11-15(2)26-24)25(30)27-17-12-20(31-4)23(33-6)21(13-17)32-5/h7-13H,1-6H3,(H,27,30). The van der Waals surface area contributed by atoms with Crippen LogP contribution in [0.1, 0.15) is 27.3 Å². The van der Waals surface area contributed by atoms with E-state index in [9.17, 15) is 4.79 Å². The molecule has 0 fully saturated rings. The number of methoxy groups -OCH3 is 3. The number of carbonyl (C=O) groups excluding carboxylic acids is 1. The topological polar surface area (TPSA) is 87.5 Å². The van der Waals surface area contributed by atoms with Gasteiger partial charge in [-0.25, -0.2) is 9.67 Å². The molecule has 170 valence electrons. The van der Waals surface area contributed by atoms with Crippen molar-refractivity contribution < 1.29 is 19.0 Å². The van der Waals surface area contributed by atoms with Gasteiger partial charge in [-0.15, -0.1) is 0 Å². The molecule has 0 radical (unpaired) electrons. The molecular weight excluding hydrogens is 420 g/mol. The lowest BCUT2D eigenvalue weighted by Gasteiger charge is -2.15. The summed E-state index contributed by atoms with van der Waals surface area (Å²) >= 11 is 0. The van der Waals surface area contributed by atoms with E-state index in [0.29, 0.717) is 50.9 Å². The molecule has 0 spiro atoms. The van der Waals surface area contributed by atoms with Crippen LogP contribution in [-0.2, 0) is 0 Å². The Morgan fingerprint density at radius 3 is 2.12 bits per heavy atom. The molecule has 4 aromatic rings. The van der Waals surface area contributed by atoms with E-state index < -0.39 is 0 Å². The summed E-state index contributed by atoms with van der Waals surface area (Å²) in [4.78, 5) is 18.1. The van der Waals surface area contributed by atoms with Crippen molar-refractivity contribution in [3.05, 3.63) is 65.0 Å². The van der Waals surface area contributed by atoms with E-state index >= 15 is 0 Å². The van der Waals surface area contributed by atoms with Crippen LogP contribution < -0.4 is 19.5 Å². The SMILES string of the molecule is COc1cc(NC(=O)c2cc(C)nc3c2c(C)nn3-c2ccc(C)cc2)cc(OC)c1OC. The first-order valence-corrected chi connectivity index (χ1v) is 10.4. The van der Waals surface area contributed by atoms with Gasteiger partial charge in [0, 0.05) is 23.5 Å². The van der Waals surface area contributed by atoms with Gasteiger partial charge < -0.3 is 19.5 Å². The number of hydrogen-bond acceptors (Lipinski definition) is 6. The van der Waals surface area contributed by atoms with Crippen LogP contribution in [0.2, 0.25) is 0 Å². The van der Waals surface area contributed by atoms with Crippen LogP contribution in [0.4, 0.5) is 5.69 Å². The van der Waals surface area contributed by atoms with Crippen LogP contribution in [0.3, 0.4) is 0 Å². The van der Waals surface area contributed by atoms with E-state index in [-0.39, 0.29) is 5.91 Å². The van der Waals surface area contributed by atoms with E-state index in [0.717, 1.165) is 11.3 Å². The Labute approximate surface area is 192 Å². The fourth-order valence-electron chi connectivity index (χ4n) is 3.81. The highest BCUT2D eigenvalue weighted by molar-refractivity contribution is 6.13. The molecule has 2 heterocycles. The highest BCUT2D eigenvalue weighted by Gasteiger charge is 2.21. The van der Waals surface area contributed by atoms with Crippen LogP contribution in [0, 0.1) is 20.8 Å². The number of benzene rings is 2. The van der Waals surface area contributed by atoms with Crippen LogP contribution >= 0.6 is 0 Å². The van der Waals surface area contributed by atoms with Crippen molar-refractivity contribution in [3.8, 4) is 22.9 Å². The molecule has 0 aliphatic rings. The molecule has 0 aliphatic heterocycles. The summed E-state index contributed by atoms with van der Waals surface area (Å²) in [5.41, 5.74) is 5.10. The number of rotatable bonds is 6. The number of amides is 1. The molecule has 0 saturated heterocycles. The molecule has 33 heavy (non-hydrogen) atoms. The van der Waals surface area contributed by atoms with E-state index in [1.807, 2.05) is 45.0 Å². The molecule has 8 nitrogen and oxygen atoms in total. The number of pyridine rings is 1. The Hall–Kier alpha value is -4.07. The Kier molecular flexibility index (Phi) is 5.91. The number of hydrogen-bond donors (Lipinski definition) is 1. The Balaban J connectivity index is 1.79. The zero-order valence-electron chi connectivity index (χ0n) is 19.5. The number of anilines is 1. The molecule has 2 aromatic heterocycles. The van der Waals surface area contributed by atoms with E-state index in [4.69, 9.17) is 14.2 Å². The van der Waals surface area contributed by atoms with Crippen LogP contribution in [0.15, 0.2) is 42.5 Å². The summed E-state index contributed by atoms with van der Waals surface area (Å²) in [5, 5.41) is 8.32. The monoisotopic (exact) mass is 446 g/mol. The van der Waals surface area contributed by atoms with Crippen molar-refractivity contribution in [3.63, 3.8) is 0 Å². The zero-order valence-corrected chi connectivity index (χ0v) is 19.5. The maximum Gasteiger partial charge on any atom is 0.256 e. The van der Waals surface area contributed by atoms with Gasteiger partial charge in [0.1, 0.15) is 0 Å². The predicted molar refractivity (Wildman–Crippen MR) is 127 cm³/mol. The zero-order chi connectivity index (χ0) is 23.7. The number of aryl methyl sites for hydroxylation is 3. The first-order valence-electron chi connectivity index (χ1n) is 10.4. The summed E-state index contributed by atoms with van der Waals surface area (Å²) in [7, 11) is 4.59. The summed E-state index contributed by atoms with van der Waals surface area (Å²) in [6, 6.07) is 13.2. The number of aromatic nitrogens is 3. The van der Waals surface area contributed by atoms with Gasteiger partial charge in [0.2, 0.25) is 5.75 Å². The van der Waals surface area contributed by atoms with Crippen LogP contribution in [0.5, 0.6) is 17.2 Å². The number of nitrogens with zero attached hydrogens (tertiary/aromatic N) is 3. The second-order valence-corrected chi connectivity index (χ2v) is 7.71. The van der Waals surface area contributed by atoms with Gasteiger partial charge in [0.05, 0.1) is 43.7 Å². The minimum Gasteiger partial charge on any atom is -0.493 e. The number of fused-ring (bicyclic) bond motifs is 1. The maximum absolute atomic E-state index is 13.4. The minimum atomic E-state index is -0.286. The third-order valence-corrected chi connectivity index (χ3v) is 5.39. The van der Waals surface area contributed by atoms with Crippen molar-refractivity contribution >= 4 is 22.6 Å². The molecule has 1 N–H and O–H groups in total. The molecule has 4 rings (SSSR count). The van der Waals surface area contributed by atoms with Gasteiger partial charge in [-0.05, 0) is 39.0 Å². The summed E-state index contributed by atoms with van der Waals surface area (Å²) in [6.07, 6.45) is 0. The predicted octanol–water partition coefficient (Wildman–Crippen LogP) is 4.62. The average molecular weight is 447 g/mol. The van der Waals surface area contributed by atoms with Gasteiger partial charge in [0.15, 0.2) is 17.1 Å². The normalized spacial score (nSPS) is 10.8. The van der Waals surface area contributed by atoms with E-state index in [1.165, 1.54) is 21.3 Å². The molecule has 0 unspecified atom stereocenters. The summed E-state index contributed by atoms with van der Waals surface area (Å²) in [5.74, 6) is 1.07. The fraction of sp³-hybridized carbons (Fsp3) is 0.240. The molecular formula is C25H26N4O4.